The highest BCUT2D eigenvalue weighted by Crippen LogP contribution is 2.29. The molecule has 0 spiro atoms. The van der Waals surface area contributed by atoms with Gasteiger partial charge in [0.1, 0.15) is 19.0 Å². The van der Waals surface area contributed by atoms with Crippen LogP contribution in [0, 0.1) is 0 Å². The third-order valence-electron chi connectivity index (χ3n) is 5.43. The van der Waals surface area contributed by atoms with Crippen molar-refractivity contribution >= 4 is 39.7 Å². The molecule has 0 aliphatic carbocycles. The van der Waals surface area contributed by atoms with Crippen LogP contribution in [-0.2, 0) is 13.2 Å². The Morgan fingerprint density at radius 3 is 2.39 bits per heavy atom. The van der Waals surface area contributed by atoms with E-state index in [1.165, 1.54) is 6.21 Å². The summed E-state index contributed by atoms with van der Waals surface area (Å²) in [4.78, 5) is 12.8. The van der Waals surface area contributed by atoms with Gasteiger partial charge in [-0.05, 0) is 55.0 Å². The summed E-state index contributed by atoms with van der Waals surface area (Å²) in [6.45, 7) is 3.00. The molecule has 4 rings (SSSR count). The zero-order valence-electron chi connectivity index (χ0n) is 20.7. The Hall–Kier alpha value is -3.81. The molecule has 38 heavy (non-hydrogen) atoms. The predicted octanol–water partition coefficient (Wildman–Crippen LogP) is 7.42. The van der Waals surface area contributed by atoms with Crippen LogP contribution in [-0.4, -0.2) is 18.7 Å². The van der Waals surface area contributed by atoms with Gasteiger partial charge in [0.2, 0.25) is 0 Å². The number of carbonyl (C=O) groups is 1. The lowest BCUT2D eigenvalue weighted by Crippen LogP contribution is -2.18. The van der Waals surface area contributed by atoms with Gasteiger partial charge in [0.15, 0.2) is 11.5 Å². The van der Waals surface area contributed by atoms with Crippen molar-refractivity contribution < 1.29 is 19.0 Å². The molecule has 1 amide bonds. The van der Waals surface area contributed by atoms with E-state index in [9.17, 15) is 4.79 Å². The topological polar surface area (TPSA) is 69.2 Å². The van der Waals surface area contributed by atoms with E-state index < -0.39 is 0 Å². The molecule has 0 atom stereocenters. The lowest BCUT2D eigenvalue weighted by atomic mass is 10.2. The lowest BCUT2D eigenvalue weighted by molar-refractivity contribution is 0.0954. The van der Waals surface area contributed by atoms with Crippen LogP contribution in [0.1, 0.15) is 34.0 Å². The third kappa shape index (κ3) is 7.60. The normalized spacial score (nSPS) is 10.8. The molecule has 8 heteroatoms. The molecule has 0 fully saturated rings. The minimum absolute atomic E-state index is 0.299. The average molecular weight is 594 g/mol. The number of carbonyl (C=O) groups excluding carboxylic acids is 1. The fraction of sp³-hybridized carbons (Fsp3) is 0.133. The molecule has 0 aliphatic heterocycles. The zero-order valence-corrected chi connectivity index (χ0v) is 23.0. The monoisotopic (exact) mass is 592 g/mol. The van der Waals surface area contributed by atoms with Crippen LogP contribution in [0.4, 0.5) is 0 Å². The Balaban J connectivity index is 1.42. The molecule has 1 N–H and O–H groups in total. The number of amides is 1. The van der Waals surface area contributed by atoms with Crippen molar-refractivity contribution in [3.63, 3.8) is 0 Å². The smallest absolute Gasteiger partial charge is 0.271 e. The molecule has 0 aromatic heterocycles. The first kappa shape index (κ1) is 27.2. The van der Waals surface area contributed by atoms with Crippen LogP contribution in [0.5, 0.6) is 17.2 Å². The van der Waals surface area contributed by atoms with E-state index in [-0.39, 0.29) is 5.91 Å². The Morgan fingerprint density at radius 2 is 1.61 bits per heavy atom. The van der Waals surface area contributed by atoms with Crippen molar-refractivity contribution in [1.29, 1.82) is 0 Å². The second kappa shape index (κ2) is 13.7. The van der Waals surface area contributed by atoms with Gasteiger partial charge in [-0.15, -0.1) is 0 Å². The van der Waals surface area contributed by atoms with Crippen molar-refractivity contribution in [3.05, 3.63) is 123 Å². The fourth-order valence-corrected chi connectivity index (χ4v) is 4.09. The average Bonchev–Trinajstić information content (AvgIpc) is 2.93. The van der Waals surface area contributed by atoms with Gasteiger partial charge in [-0.3, -0.25) is 4.79 Å². The van der Waals surface area contributed by atoms with E-state index in [1.807, 2.05) is 79.7 Å². The quantitative estimate of drug-likeness (QED) is 0.145. The van der Waals surface area contributed by atoms with Gasteiger partial charge in [-0.25, -0.2) is 5.43 Å². The number of hydrogen-bond acceptors (Lipinski definition) is 5. The Kier molecular flexibility index (Phi) is 9.78. The summed E-state index contributed by atoms with van der Waals surface area (Å²) in [5, 5.41) is 4.78. The first-order chi connectivity index (χ1) is 18.5. The second-order valence-corrected chi connectivity index (χ2v) is 9.45. The van der Waals surface area contributed by atoms with Gasteiger partial charge >= 0.3 is 0 Å². The molecule has 6 nitrogen and oxygen atoms in total. The van der Waals surface area contributed by atoms with Crippen LogP contribution < -0.4 is 19.6 Å². The number of rotatable bonds is 11. The summed E-state index contributed by atoms with van der Waals surface area (Å²) in [6.07, 6.45) is 1.53. The van der Waals surface area contributed by atoms with E-state index >= 15 is 0 Å². The van der Waals surface area contributed by atoms with E-state index in [4.69, 9.17) is 25.8 Å². The molecule has 0 bridgehead atoms. The summed E-state index contributed by atoms with van der Waals surface area (Å²) in [6, 6.07) is 27.9. The maximum atomic E-state index is 12.8. The molecule has 0 saturated carbocycles. The van der Waals surface area contributed by atoms with Gasteiger partial charge in [0.25, 0.3) is 5.91 Å². The number of nitrogens with zero attached hydrogens (tertiary/aromatic N) is 1. The number of nitrogens with one attached hydrogen (secondary N) is 1. The number of benzene rings is 4. The van der Waals surface area contributed by atoms with Crippen molar-refractivity contribution in [2.24, 2.45) is 5.10 Å². The molecule has 0 saturated heterocycles. The fourth-order valence-electron chi connectivity index (χ4n) is 3.52. The van der Waals surface area contributed by atoms with Gasteiger partial charge in [0, 0.05) is 26.2 Å². The first-order valence-electron chi connectivity index (χ1n) is 12.0. The van der Waals surface area contributed by atoms with E-state index in [0.29, 0.717) is 53.2 Å². The van der Waals surface area contributed by atoms with Crippen LogP contribution in [0.3, 0.4) is 0 Å². The summed E-state index contributed by atoms with van der Waals surface area (Å²) in [5.41, 5.74) is 5.55. The molecule has 4 aromatic carbocycles. The zero-order chi connectivity index (χ0) is 26.7. The van der Waals surface area contributed by atoms with Crippen molar-refractivity contribution in [2.75, 3.05) is 6.61 Å². The number of hydrazone groups is 1. The van der Waals surface area contributed by atoms with Crippen LogP contribution >= 0.6 is 27.5 Å². The summed E-state index contributed by atoms with van der Waals surface area (Å²) >= 11 is 9.71. The molecule has 194 valence electrons. The van der Waals surface area contributed by atoms with Crippen LogP contribution in [0.2, 0.25) is 5.02 Å². The number of hydrogen-bond donors (Lipinski definition) is 1. The molecular weight excluding hydrogens is 568 g/mol. The Bertz CT molecular complexity index is 1410. The third-order valence-corrected chi connectivity index (χ3v) is 6.29. The first-order valence-corrected chi connectivity index (χ1v) is 13.1. The maximum Gasteiger partial charge on any atom is 0.271 e. The van der Waals surface area contributed by atoms with E-state index in [2.05, 4.69) is 26.5 Å². The summed E-state index contributed by atoms with van der Waals surface area (Å²) in [7, 11) is 0. The molecular formula is C30H26BrClN2O4. The van der Waals surface area contributed by atoms with Gasteiger partial charge < -0.3 is 14.2 Å². The Morgan fingerprint density at radius 1 is 0.868 bits per heavy atom. The number of halogens is 2. The molecule has 0 aliphatic rings. The van der Waals surface area contributed by atoms with Gasteiger partial charge in [0.05, 0.1) is 12.8 Å². The van der Waals surface area contributed by atoms with E-state index in [0.717, 1.165) is 15.6 Å². The summed E-state index contributed by atoms with van der Waals surface area (Å²) < 4.78 is 18.5. The van der Waals surface area contributed by atoms with Gasteiger partial charge in [-0.2, -0.15) is 5.10 Å². The highest BCUT2D eigenvalue weighted by atomic mass is 79.9. The van der Waals surface area contributed by atoms with Crippen LogP contribution in [0.25, 0.3) is 0 Å². The molecule has 4 aromatic rings. The van der Waals surface area contributed by atoms with E-state index in [1.54, 1.807) is 18.2 Å². The highest BCUT2D eigenvalue weighted by Gasteiger charge is 2.12. The predicted molar refractivity (Wildman–Crippen MR) is 153 cm³/mol. The van der Waals surface area contributed by atoms with Crippen LogP contribution in [0.15, 0.2) is 101 Å². The minimum atomic E-state index is -0.384. The lowest BCUT2D eigenvalue weighted by Gasteiger charge is -2.13. The maximum absolute atomic E-state index is 12.8. The second-order valence-electron chi connectivity index (χ2n) is 8.13. The van der Waals surface area contributed by atoms with Gasteiger partial charge in [-0.1, -0.05) is 76.1 Å². The SMILES string of the molecule is CCOc1cc(C(=O)N/N=C/c2cc(Br)ccc2OCc2ccccc2Cl)ccc1OCc1ccccc1. The summed E-state index contributed by atoms with van der Waals surface area (Å²) in [5.74, 6) is 1.27. The molecule has 0 unspecified atom stereocenters. The standard InChI is InChI=1S/C30H26BrClN2O4/c1-2-36-29-17-22(12-14-28(29)37-19-21-8-4-3-5-9-21)30(35)34-33-18-24-16-25(31)13-15-27(24)38-20-23-10-6-7-11-26(23)32/h3-18H,2,19-20H2,1H3,(H,34,35)/b33-18+. The molecule has 0 radical (unpaired) electrons. The van der Waals surface area contributed by atoms with Crippen molar-refractivity contribution in [1.82, 2.24) is 5.43 Å². The molecule has 0 heterocycles. The van der Waals surface area contributed by atoms with Crippen molar-refractivity contribution in [3.8, 4) is 17.2 Å². The van der Waals surface area contributed by atoms with Crippen molar-refractivity contribution in [2.45, 2.75) is 20.1 Å². The highest BCUT2D eigenvalue weighted by molar-refractivity contribution is 9.10. The number of ether oxygens (including phenoxy) is 3. The minimum Gasteiger partial charge on any atom is -0.490 e. The Labute approximate surface area is 235 Å². The largest absolute Gasteiger partial charge is 0.490 e.